The van der Waals surface area contributed by atoms with Gasteiger partial charge in [-0.15, -0.1) is 24.0 Å². The van der Waals surface area contributed by atoms with E-state index in [0.29, 0.717) is 6.54 Å². The Morgan fingerprint density at radius 1 is 0.933 bits per heavy atom. The third kappa shape index (κ3) is 9.02. The summed E-state index contributed by atoms with van der Waals surface area (Å²) in [4.78, 5) is 7.18. The van der Waals surface area contributed by atoms with Crippen LogP contribution in [0.5, 0.6) is 0 Å². The molecule has 0 atom stereocenters. The highest BCUT2D eigenvalue weighted by atomic mass is 127. The standard InChI is InChI=1S/C24H34N4O.HI/c1-2-25-24(26-14-6-9-21-7-4-3-5-8-21)27-19-22-10-12-23(13-11-22)20-28-15-17-29-18-16-28;/h3-5,7-8,10-13H,2,6,9,14-20H2,1H3,(H2,25,26,27);1H. The molecule has 0 spiro atoms. The lowest BCUT2D eigenvalue weighted by molar-refractivity contribution is 0.0342. The van der Waals surface area contributed by atoms with Crippen LogP contribution in [0.3, 0.4) is 0 Å². The van der Waals surface area contributed by atoms with Crippen LogP contribution >= 0.6 is 24.0 Å². The average Bonchev–Trinajstić information content (AvgIpc) is 2.77. The molecule has 1 saturated heterocycles. The zero-order valence-electron chi connectivity index (χ0n) is 18.0. The first-order chi connectivity index (χ1) is 14.3. The summed E-state index contributed by atoms with van der Waals surface area (Å²) < 4.78 is 5.42. The number of halogens is 1. The van der Waals surface area contributed by atoms with E-state index in [2.05, 4.69) is 77.1 Å². The van der Waals surface area contributed by atoms with Crippen LogP contribution < -0.4 is 10.6 Å². The van der Waals surface area contributed by atoms with E-state index < -0.39 is 0 Å². The van der Waals surface area contributed by atoms with E-state index in [9.17, 15) is 0 Å². The molecule has 5 nitrogen and oxygen atoms in total. The number of hydrogen-bond donors (Lipinski definition) is 2. The molecule has 0 radical (unpaired) electrons. The Labute approximate surface area is 198 Å². The normalized spacial score (nSPS) is 14.8. The third-order valence-corrected chi connectivity index (χ3v) is 5.07. The molecule has 1 fully saturated rings. The fraction of sp³-hybridized carbons (Fsp3) is 0.458. The van der Waals surface area contributed by atoms with Gasteiger partial charge < -0.3 is 15.4 Å². The number of ether oxygens (including phenoxy) is 1. The van der Waals surface area contributed by atoms with E-state index in [0.717, 1.165) is 64.7 Å². The van der Waals surface area contributed by atoms with Gasteiger partial charge in [-0.25, -0.2) is 4.99 Å². The SMILES string of the molecule is CCNC(=NCc1ccc(CN2CCOCC2)cc1)NCCCc1ccccc1.I. The highest BCUT2D eigenvalue weighted by molar-refractivity contribution is 14.0. The van der Waals surface area contributed by atoms with Crippen molar-refractivity contribution in [2.75, 3.05) is 39.4 Å². The van der Waals surface area contributed by atoms with Gasteiger partial charge in [-0.1, -0.05) is 54.6 Å². The maximum absolute atomic E-state index is 5.42. The second-order valence-corrected chi connectivity index (χ2v) is 7.42. The molecule has 0 bridgehead atoms. The van der Waals surface area contributed by atoms with Crippen molar-refractivity contribution in [1.82, 2.24) is 15.5 Å². The van der Waals surface area contributed by atoms with Gasteiger partial charge in [0.05, 0.1) is 19.8 Å². The van der Waals surface area contributed by atoms with Crippen LogP contribution in [0.2, 0.25) is 0 Å². The maximum atomic E-state index is 5.42. The summed E-state index contributed by atoms with van der Waals surface area (Å²) in [5, 5.41) is 6.78. The van der Waals surface area contributed by atoms with E-state index in [4.69, 9.17) is 9.73 Å². The molecule has 0 saturated carbocycles. The lowest BCUT2D eigenvalue weighted by atomic mass is 10.1. The second kappa shape index (κ2) is 14.4. The Morgan fingerprint density at radius 3 is 2.33 bits per heavy atom. The minimum atomic E-state index is 0. The molecule has 1 aliphatic heterocycles. The summed E-state index contributed by atoms with van der Waals surface area (Å²) >= 11 is 0. The lowest BCUT2D eigenvalue weighted by Gasteiger charge is -2.26. The fourth-order valence-electron chi connectivity index (χ4n) is 3.42. The number of nitrogens with one attached hydrogen (secondary N) is 2. The van der Waals surface area contributed by atoms with Crippen molar-refractivity contribution in [3.05, 3.63) is 71.3 Å². The summed E-state index contributed by atoms with van der Waals surface area (Å²) in [6.45, 7) is 9.30. The van der Waals surface area contributed by atoms with Crippen LogP contribution in [0, 0.1) is 0 Å². The van der Waals surface area contributed by atoms with Gasteiger partial charge in [0.25, 0.3) is 0 Å². The Morgan fingerprint density at radius 2 is 1.63 bits per heavy atom. The van der Waals surface area contributed by atoms with Gasteiger partial charge in [-0.3, -0.25) is 4.90 Å². The largest absolute Gasteiger partial charge is 0.379 e. The van der Waals surface area contributed by atoms with Crippen molar-refractivity contribution in [3.8, 4) is 0 Å². The summed E-state index contributed by atoms with van der Waals surface area (Å²) in [6.07, 6.45) is 2.17. The molecule has 2 N–H and O–H groups in total. The van der Waals surface area contributed by atoms with Gasteiger partial charge in [-0.2, -0.15) is 0 Å². The van der Waals surface area contributed by atoms with Crippen molar-refractivity contribution in [3.63, 3.8) is 0 Å². The van der Waals surface area contributed by atoms with Crippen LogP contribution in [0.4, 0.5) is 0 Å². The number of morpholine rings is 1. The molecule has 164 valence electrons. The molecular formula is C24H35IN4O. The van der Waals surface area contributed by atoms with Crippen LogP contribution in [0.15, 0.2) is 59.6 Å². The number of aryl methyl sites for hydroxylation is 1. The summed E-state index contributed by atoms with van der Waals surface area (Å²) in [5.41, 5.74) is 3.97. The first-order valence-electron chi connectivity index (χ1n) is 10.8. The number of rotatable bonds is 9. The maximum Gasteiger partial charge on any atom is 0.191 e. The van der Waals surface area contributed by atoms with Crippen LogP contribution in [0.25, 0.3) is 0 Å². The number of aliphatic imine (C=N–C) groups is 1. The zero-order valence-corrected chi connectivity index (χ0v) is 20.3. The van der Waals surface area contributed by atoms with Gasteiger partial charge in [0.2, 0.25) is 0 Å². The average molecular weight is 522 g/mol. The van der Waals surface area contributed by atoms with Gasteiger partial charge in [0, 0.05) is 32.7 Å². The van der Waals surface area contributed by atoms with E-state index in [-0.39, 0.29) is 24.0 Å². The zero-order chi connectivity index (χ0) is 20.2. The minimum absolute atomic E-state index is 0. The van der Waals surface area contributed by atoms with Crippen LogP contribution in [0.1, 0.15) is 30.0 Å². The predicted octanol–water partition coefficient (Wildman–Crippen LogP) is 3.82. The summed E-state index contributed by atoms with van der Waals surface area (Å²) in [6, 6.07) is 19.5. The van der Waals surface area contributed by atoms with Crippen molar-refractivity contribution in [1.29, 1.82) is 0 Å². The first kappa shape index (κ1) is 24.6. The summed E-state index contributed by atoms with van der Waals surface area (Å²) in [7, 11) is 0. The molecule has 2 aromatic rings. The van der Waals surface area contributed by atoms with Gasteiger partial charge in [-0.05, 0) is 36.5 Å². The minimum Gasteiger partial charge on any atom is -0.379 e. The Balaban J connectivity index is 0.00000320. The van der Waals surface area contributed by atoms with E-state index in [1.807, 2.05) is 0 Å². The van der Waals surface area contributed by atoms with Crippen LogP contribution in [-0.4, -0.2) is 50.3 Å². The molecule has 0 unspecified atom stereocenters. The molecule has 1 aliphatic rings. The van der Waals surface area contributed by atoms with E-state index >= 15 is 0 Å². The van der Waals surface area contributed by atoms with Crippen molar-refractivity contribution < 1.29 is 4.74 Å². The first-order valence-corrected chi connectivity index (χ1v) is 10.8. The van der Waals surface area contributed by atoms with Crippen molar-refractivity contribution in [2.45, 2.75) is 32.9 Å². The topological polar surface area (TPSA) is 48.9 Å². The fourth-order valence-corrected chi connectivity index (χ4v) is 3.42. The molecule has 2 aromatic carbocycles. The number of nitrogens with zero attached hydrogens (tertiary/aromatic N) is 2. The third-order valence-electron chi connectivity index (χ3n) is 5.07. The van der Waals surface area contributed by atoms with Crippen molar-refractivity contribution >= 4 is 29.9 Å². The molecule has 30 heavy (non-hydrogen) atoms. The Bertz CT molecular complexity index is 731. The lowest BCUT2D eigenvalue weighted by Crippen LogP contribution is -2.37. The molecule has 0 amide bonds. The molecule has 3 rings (SSSR count). The second-order valence-electron chi connectivity index (χ2n) is 7.42. The monoisotopic (exact) mass is 522 g/mol. The highest BCUT2D eigenvalue weighted by Crippen LogP contribution is 2.10. The Kier molecular flexibility index (Phi) is 11.8. The summed E-state index contributed by atoms with van der Waals surface area (Å²) in [5.74, 6) is 0.887. The Hall–Kier alpha value is -1.64. The quantitative estimate of drug-likeness (QED) is 0.228. The van der Waals surface area contributed by atoms with Crippen LogP contribution in [-0.2, 0) is 24.2 Å². The smallest absolute Gasteiger partial charge is 0.191 e. The molecular weight excluding hydrogens is 487 g/mol. The van der Waals surface area contributed by atoms with E-state index in [1.165, 1.54) is 16.7 Å². The predicted molar refractivity (Wildman–Crippen MR) is 136 cm³/mol. The molecule has 1 heterocycles. The number of hydrogen-bond acceptors (Lipinski definition) is 3. The van der Waals surface area contributed by atoms with Gasteiger partial charge in [0.1, 0.15) is 0 Å². The van der Waals surface area contributed by atoms with E-state index in [1.54, 1.807) is 0 Å². The number of benzene rings is 2. The van der Waals surface area contributed by atoms with Crippen molar-refractivity contribution in [2.24, 2.45) is 4.99 Å². The number of guanidine groups is 1. The van der Waals surface area contributed by atoms with Gasteiger partial charge >= 0.3 is 0 Å². The molecule has 0 aliphatic carbocycles. The highest BCUT2D eigenvalue weighted by Gasteiger charge is 2.10. The molecule has 0 aromatic heterocycles. The van der Waals surface area contributed by atoms with Gasteiger partial charge in [0.15, 0.2) is 5.96 Å². The molecule has 6 heteroatoms.